The topological polar surface area (TPSA) is 237 Å². The second-order valence-electron chi connectivity index (χ2n) is 29.4. The predicted molar refractivity (Wildman–Crippen MR) is 400 cm³/mol. The lowest BCUT2D eigenvalue weighted by Gasteiger charge is -2.21. The average molecular weight is 1440 g/mol. The number of hydrogen-bond donors (Lipinski definition) is 3. The maximum atomic E-state index is 13.1. The van der Waals surface area contributed by atoms with Gasteiger partial charge in [0, 0.05) is 25.7 Å². The molecule has 0 fully saturated rings. The van der Waals surface area contributed by atoms with E-state index in [0.29, 0.717) is 25.7 Å². The molecule has 0 aromatic carbocycles. The summed E-state index contributed by atoms with van der Waals surface area (Å²) in [6.45, 7) is 9.62. The molecule has 98 heavy (non-hydrogen) atoms. The Kier molecular flexibility index (Phi) is 69.3. The number of carbonyl (C=O) groups excluding carboxylic acids is 4. The van der Waals surface area contributed by atoms with Crippen molar-refractivity contribution >= 4 is 39.5 Å². The van der Waals surface area contributed by atoms with Crippen LogP contribution in [-0.2, 0) is 65.4 Å². The molecule has 0 aliphatic carbocycles. The summed E-state index contributed by atoms with van der Waals surface area (Å²) < 4.78 is 68.6. The van der Waals surface area contributed by atoms with Gasteiger partial charge in [-0.25, -0.2) is 9.13 Å². The molecular formula is C79H154O17P2. The summed E-state index contributed by atoms with van der Waals surface area (Å²) in [6, 6.07) is 0. The highest BCUT2D eigenvalue weighted by Crippen LogP contribution is 2.45. The molecule has 3 N–H and O–H groups in total. The lowest BCUT2D eigenvalue weighted by atomic mass is 10.0. The number of unbranched alkanes of at least 4 members (excludes halogenated alkanes) is 48. The Balaban J connectivity index is 5.21. The third-order valence-electron chi connectivity index (χ3n) is 18.5. The van der Waals surface area contributed by atoms with Crippen LogP contribution in [-0.4, -0.2) is 96.7 Å². The highest BCUT2D eigenvalue weighted by Gasteiger charge is 2.30. The Morgan fingerprint density at radius 2 is 0.469 bits per heavy atom. The Morgan fingerprint density at radius 1 is 0.276 bits per heavy atom. The Bertz CT molecular complexity index is 1890. The van der Waals surface area contributed by atoms with Gasteiger partial charge in [0.15, 0.2) is 12.2 Å². The van der Waals surface area contributed by atoms with Crippen LogP contribution in [0.1, 0.15) is 414 Å². The SMILES string of the molecule is CCCCCCCCCCCCCCCCCC(=O)OC[C@H](COP(=O)(O)OC[C@@H](O)COP(=O)(O)OC[C@@H](COC(=O)CCCCCCCCCCCC)OC(=O)CCCCCCCCCCCC(C)C)OC(=O)CCCCCCCCCCCCCCCCCCCCC(C)C. The molecule has 0 aliphatic rings. The van der Waals surface area contributed by atoms with Crippen molar-refractivity contribution in [3.8, 4) is 0 Å². The summed E-state index contributed by atoms with van der Waals surface area (Å²) in [5.74, 6) is -0.555. The molecule has 17 nitrogen and oxygen atoms in total. The van der Waals surface area contributed by atoms with Gasteiger partial charge in [0.2, 0.25) is 0 Å². The fraction of sp³-hybridized carbons (Fsp3) is 0.949. The molecule has 0 saturated carbocycles. The molecule has 0 radical (unpaired) electrons. The molecule has 2 unspecified atom stereocenters. The highest BCUT2D eigenvalue weighted by molar-refractivity contribution is 7.47. The first-order valence-electron chi connectivity index (χ1n) is 41.0. The minimum Gasteiger partial charge on any atom is -0.462 e. The summed E-state index contributed by atoms with van der Waals surface area (Å²) in [7, 11) is -9.91. The molecule has 19 heteroatoms. The molecule has 5 atom stereocenters. The minimum atomic E-state index is -4.96. The normalized spacial score (nSPS) is 13.9. The van der Waals surface area contributed by atoms with Crippen LogP contribution in [0.2, 0.25) is 0 Å². The van der Waals surface area contributed by atoms with Gasteiger partial charge in [-0.1, -0.05) is 363 Å². The summed E-state index contributed by atoms with van der Waals surface area (Å²) in [6.07, 6.45) is 59.7. The fourth-order valence-electron chi connectivity index (χ4n) is 12.2. The van der Waals surface area contributed by atoms with Crippen LogP contribution in [0.3, 0.4) is 0 Å². The van der Waals surface area contributed by atoms with Gasteiger partial charge in [-0.2, -0.15) is 0 Å². The summed E-state index contributed by atoms with van der Waals surface area (Å²) >= 11 is 0. The average Bonchev–Trinajstić information content (AvgIpc) is 1.11. The molecule has 0 rings (SSSR count). The summed E-state index contributed by atoms with van der Waals surface area (Å²) in [4.78, 5) is 72.9. The summed E-state index contributed by atoms with van der Waals surface area (Å²) in [5.41, 5.74) is 0. The quantitative estimate of drug-likeness (QED) is 0.0222. The van der Waals surface area contributed by atoms with E-state index in [1.165, 1.54) is 231 Å². The van der Waals surface area contributed by atoms with Gasteiger partial charge in [0.05, 0.1) is 26.4 Å². The zero-order chi connectivity index (χ0) is 72.1. The van der Waals surface area contributed by atoms with Gasteiger partial charge in [0.25, 0.3) is 0 Å². The molecule has 0 bridgehead atoms. The van der Waals surface area contributed by atoms with Crippen LogP contribution in [0.4, 0.5) is 0 Å². The van der Waals surface area contributed by atoms with Crippen LogP contribution >= 0.6 is 15.6 Å². The third-order valence-corrected chi connectivity index (χ3v) is 20.4. The van der Waals surface area contributed by atoms with E-state index in [2.05, 4.69) is 41.5 Å². The third kappa shape index (κ3) is 72.4. The van der Waals surface area contributed by atoms with Gasteiger partial charge in [0.1, 0.15) is 19.3 Å². The van der Waals surface area contributed by atoms with Crippen molar-refractivity contribution in [3.63, 3.8) is 0 Å². The highest BCUT2D eigenvalue weighted by atomic mass is 31.2. The number of carbonyl (C=O) groups is 4. The number of phosphoric acid groups is 2. The standard InChI is InChI=1S/C79H154O17P2/c1-7-9-11-13-15-17-19-20-25-29-32-38-44-50-56-62-77(82)90-68-74(95-78(83)63-57-51-45-39-33-30-27-24-22-21-23-26-28-31-35-41-47-53-59-71(3)4)69-93-97(85,86)91-65-73(80)66-92-98(87,88)94-70-75(67-89-76(81)61-55-49-43-37-18-16-14-12-10-8-2)96-79(84)64-58-52-46-40-34-36-42-48-54-60-72(5)6/h71-75,80H,7-70H2,1-6H3,(H,85,86)(H,87,88)/t73-,74-,75-/m1/s1. The first-order valence-corrected chi connectivity index (χ1v) is 44.0. The van der Waals surface area contributed by atoms with Crippen LogP contribution in [0.25, 0.3) is 0 Å². The van der Waals surface area contributed by atoms with E-state index in [9.17, 15) is 43.2 Å². The van der Waals surface area contributed by atoms with E-state index in [0.717, 1.165) is 102 Å². The molecule has 0 aromatic heterocycles. The summed E-state index contributed by atoms with van der Waals surface area (Å²) in [5, 5.41) is 10.6. The number of ether oxygens (including phenoxy) is 4. The van der Waals surface area contributed by atoms with Crippen LogP contribution < -0.4 is 0 Å². The van der Waals surface area contributed by atoms with Gasteiger partial charge in [-0.15, -0.1) is 0 Å². The molecule has 582 valence electrons. The van der Waals surface area contributed by atoms with Crippen molar-refractivity contribution in [1.29, 1.82) is 0 Å². The maximum absolute atomic E-state index is 13.1. The number of phosphoric ester groups is 2. The number of rotatable bonds is 78. The number of aliphatic hydroxyl groups is 1. The lowest BCUT2D eigenvalue weighted by Crippen LogP contribution is -2.30. The van der Waals surface area contributed by atoms with E-state index in [4.69, 9.17) is 37.0 Å². The van der Waals surface area contributed by atoms with Crippen molar-refractivity contribution < 1.29 is 80.2 Å². The predicted octanol–water partition coefficient (Wildman–Crippen LogP) is 23.5. The first-order chi connectivity index (χ1) is 47.4. The largest absolute Gasteiger partial charge is 0.472 e. The minimum absolute atomic E-state index is 0.106. The smallest absolute Gasteiger partial charge is 0.462 e. The van der Waals surface area contributed by atoms with Gasteiger partial charge in [-0.05, 0) is 37.5 Å². The molecule has 0 aromatic rings. The van der Waals surface area contributed by atoms with Crippen LogP contribution in [0, 0.1) is 11.8 Å². The Hall–Kier alpha value is -1.94. The van der Waals surface area contributed by atoms with Crippen molar-refractivity contribution in [1.82, 2.24) is 0 Å². The molecule has 0 aliphatic heterocycles. The maximum Gasteiger partial charge on any atom is 0.472 e. The van der Waals surface area contributed by atoms with E-state index >= 15 is 0 Å². The van der Waals surface area contributed by atoms with E-state index in [1.54, 1.807) is 0 Å². The second kappa shape index (κ2) is 70.7. The monoisotopic (exact) mass is 1440 g/mol. The van der Waals surface area contributed by atoms with Crippen LogP contribution in [0.5, 0.6) is 0 Å². The second-order valence-corrected chi connectivity index (χ2v) is 32.3. The van der Waals surface area contributed by atoms with Crippen molar-refractivity contribution in [2.75, 3.05) is 39.6 Å². The molecular weight excluding hydrogens is 1280 g/mol. The molecule has 0 saturated heterocycles. The molecule has 0 spiro atoms. The molecule has 0 amide bonds. The van der Waals surface area contributed by atoms with Gasteiger partial charge in [-0.3, -0.25) is 37.3 Å². The number of hydrogen-bond acceptors (Lipinski definition) is 15. The Labute approximate surface area is 600 Å². The zero-order valence-corrected chi connectivity index (χ0v) is 65.9. The first kappa shape index (κ1) is 96.1. The fourth-order valence-corrected chi connectivity index (χ4v) is 13.8. The lowest BCUT2D eigenvalue weighted by molar-refractivity contribution is -0.161. The molecule has 0 heterocycles. The van der Waals surface area contributed by atoms with Crippen LogP contribution in [0.15, 0.2) is 0 Å². The van der Waals surface area contributed by atoms with Crippen molar-refractivity contribution in [2.24, 2.45) is 11.8 Å². The van der Waals surface area contributed by atoms with Crippen molar-refractivity contribution in [2.45, 2.75) is 432 Å². The van der Waals surface area contributed by atoms with E-state index < -0.39 is 97.5 Å². The Morgan fingerprint density at radius 3 is 0.694 bits per heavy atom. The zero-order valence-electron chi connectivity index (χ0n) is 64.1. The number of esters is 4. The van der Waals surface area contributed by atoms with E-state index in [-0.39, 0.29) is 25.7 Å². The van der Waals surface area contributed by atoms with E-state index in [1.807, 2.05) is 0 Å². The number of aliphatic hydroxyl groups excluding tert-OH is 1. The van der Waals surface area contributed by atoms with Crippen molar-refractivity contribution in [3.05, 3.63) is 0 Å². The van der Waals surface area contributed by atoms with Gasteiger partial charge < -0.3 is 33.8 Å². The van der Waals surface area contributed by atoms with Gasteiger partial charge >= 0.3 is 39.5 Å².